The highest BCUT2D eigenvalue weighted by molar-refractivity contribution is 5.91. The molecule has 5 aromatic rings. The molecule has 1 aromatic carbocycles. The van der Waals surface area contributed by atoms with Gasteiger partial charge in [-0.15, -0.1) is 0 Å². The van der Waals surface area contributed by atoms with Crippen LogP contribution in [-0.2, 0) is 39.4 Å². The van der Waals surface area contributed by atoms with Crippen LogP contribution < -0.4 is 0 Å². The summed E-state index contributed by atoms with van der Waals surface area (Å²) >= 11 is 0. The van der Waals surface area contributed by atoms with Gasteiger partial charge in [0, 0.05) is 34.2 Å². The van der Waals surface area contributed by atoms with Gasteiger partial charge in [-0.2, -0.15) is 10.4 Å². The Bertz CT molecular complexity index is 1890. The highest BCUT2D eigenvalue weighted by Gasteiger charge is 2.41. The van der Waals surface area contributed by atoms with E-state index in [0.29, 0.717) is 31.0 Å². The minimum atomic E-state index is -0.759. The molecule has 0 radical (unpaired) electrons. The Balaban J connectivity index is 1.09. The zero-order valence-electron chi connectivity index (χ0n) is 26.0. The average Bonchev–Trinajstić information content (AvgIpc) is 3.89. The smallest absolute Gasteiger partial charge is 0.310 e. The van der Waals surface area contributed by atoms with Crippen LogP contribution in [0.4, 0.5) is 0 Å². The van der Waals surface area contributed by atoms with Gasteiger partial charge in [-0.05, 0) is 55.2 Å². The van der Waals surface area contributed by atoms with Gasteiger partial charge in [0.05, 0.1) is 49.1 Å². The number of nitrogens with zero attached hydrogens (tertiary/aromatic N) is 6. The lowest BCUT2D eigenvalue weighted by Crippen LogP contribution is -2.37. The molecular formula is C35H39N7O3. The first kappa shape index (κ1) is 29.2. The van der Waals surface area contributed by atoms with E-state index in [-0.39, 0.29) is 25.2 Å². The number of benzene rings is 1. The molecule has 0 bridgehead atoms. The van der Waals surface area contributed by atoms with E-state index in [1.165, 1.54) is 35.7 Å². The third-order valence-corrected chi connectivity index (χ3v) is 9.98. The van der Waals surface area contributed by atoms with Crippen molar-refractivity contribution in [3.8, 4) is 17.3 Å². The molecule has 1 aliphatic heterocycles. The molecule has 0 saturated heterocycles. The summed E-state index contributed by atoms with van der Waals surface area (Å²) in [6.45, 7) is 4.81. The second kappa shape index (κ2) is 12.1. The lowest BCUT2D eigenvalue weighted by molar-refractivity contribution is -0.158. The first-order valence-electron chi connectivity index (χ1n) is 16.2. The largest absolute Gasteiger partial charge is 0.444 e. The molecule has 4 aromatic heterocycles. The Kier molecular flexibility index (Phi) is 7.88. The Morgan fingerprint density at radius 1 is 1.22 bits per heavy atom. The van der Waals surface area contributed by atoms with Crippen LogP contribution >= 0.6 is 0 Å². The van der Waals surface area contributed by atoms with Crippen molar-refractivity contribution >= 4 is 27.9 Å². The van der Waals surface area contributed by atoms with Crippen LogP contribution in [0, 0.1) is 17.2 Å². The first-order chi connectivity index (χ1) is 22.0. The third kappa shape index (κ3) is 5.19. The molecule has 0 spiro atoms. The van der Waals surface area contributed by atoms with E-state index in [1.807, 2.05) is 33.9 Å². The van der Waals surface area contributed by atoms with Gasteiger partial charge < -0.3 is 14.5 Å². The van der Waals surface area contributed by atoms with Crippen LogP contribution in [0.25, 0.3) is 33.2 Å². The van der Waals surface area contributed by atoms with Gasteiger partial charge in [-0.3, -0.25) is 14.0 Å². The maximum Gasteiger partial charge on any atom is 0.310 e. The third-order valence-electron chi connectivity index (χ3n) is 9.98. The average molecular weight is 606 g/mol. The molecule has 5 heterocycles. The first-order valence-corrected chi connectivity index (χ1v) is 16.2. The standard InChI is InChI=1S/C35H39N7O3/c1-3-23-10-7-11-26-27-14-17-45-35(4-2,33(27)40-32(23)26)18-30(43)44-22-41-16-13-28-31(37-21-38-34(28)41)25-19-39-42(20-25)29(12-15-36)24-8-5-6-9-24/h7,10-11,13,16,19-21,24,29,40H,3-6,8-9,12,14,17-18,22H2,1-2H3/t29-,35?/m1/s1. The van der Waals surface area contributed by atoms with Crippen molar-refractivity contribution in [1.82, 2.24) is 29.3 Å². The number of H-pyrrole nitrogens is 1. The van der Waals surface area contributed by atoms with Crippen molar-refractivity contribution in [3.05, 3.63) is 66.0 Å². The van der Waals surface area contributed by atoms with Crippen LogP contribution in [0.5, 0.6) is 0 Å². The minimum Gasteiger partial charge on any atom is -0.444 e. The van der Waals surface area contributed by atoms with Crippen LogP contribution in [0.1, 0.15) is 81.7 Å². The number of aromatic nitrogens is 6. The van der Waals surface area contributed by atoms with Crippen molar-refractivity contribution in [2.75, 3.05) is 6.61 Å². The molecule has 10 heteroatoms. The monoisotopic (exact) mass is 605 g/mol. The molecule has 1 fully saturated rings. The number of hydrogen-bond acceptors (Lipinski definition) is 7. The molecule has 0 amide bonds. The van der Waals surface area contributed by atoms with Crippen molar-refractivity contribution < 1.29 is 14.3 Å². The molecule has 1 N–H and O–H groups in total. The highest BCUT2D eigenvalue weighted by atomic mass is 16.5. The quantitative estimate of drug-likeness (QED) is 0.175. The molecule has 2 aliphatic rings. The van der Waals surface area contributed by atoms with Crippen LogP contribution in [0.15, 0.2) is 49.2 Å². The second-order valence-corrected chi connectivity index (χ2v) is 12.4. The number of aryl methyl sites for hydroxylation is 1. The summed E-state index contributed by atoms with van der Waals surface area (Å²) in [5.41, 5.74) is 6.19. The molecular weight excluding hydrogens is 566 g/mol. The van der Waals surface area contributed by atoms with E-state index in [1.54, 1.807) is 0 Å². The normalized spacial score (nSPS) is 19.1. The van der Waals surface area contributed by atoms with Gasteiger partial charge in [-0.1, -0.05) is 44.9 Å². The molecule has 1 saturated carbocycles. The fourth-order valence-electron chi connectivity index (χ4n) is 7.56. The predicted molar refractivity (Wildman–Crippen MR) is 170 cm³/mol. The predicted octanol–water partition coefficient (Wildman–Crippen LogP) is 6.75. The maximum atomic E-state index is 13.4. The fraction of sp³-hybridized carbons (Fsp3) is 0.457. The molecule has 10 nitrogen and oxygen atoms in total. The summed E-state index contributed by atoms with van der Waals surface area (Å²) in [7, 11) is 0. The Morgan fingerprint density at radius 2 is 2.09 bits per heavy atom. The topological polar surface area (TPSA) is 124 Å². The van der Waals surface area contributed by atoms with Crippen molar-refractivity contribution in [1.29, 1.82) is 5.26 Å². The van der Waals surface area contributed by atoms with E-state index in [9.17, 15) is 10.1 Å². The number of hydrogen-bond donors (Lipinski definition) is 1. The number of nitrogens with one attached hydrogen (secondary N) is 1. The van der Waals surface area contributed by atoms with Crippen LogP contribution in [0.3, 0.4) is 0 Å². The van der Waals surface area contributed by atoms with E-state index in [2.05, 4.69) is 58.2 Å². The zero-order chi connectivity index (χ0) is 31.0. The van der Waals surface area contributed by atoms with E-state index in [0.717, 1.165) is 53.5 Å². The number of fused-ring (bicyclic) bond motifs is 4. The van der Waals surface area contributed by atoms with E-state index < -0.39 is 5.60 Å². The summed E-state index contributed by atoms with van der Waals surface area (Å²) < 4.78 is 16.0. The van der Waals surface area contributed by atoms with Crippen LogP contribution in [0.2, 0.25) is 0 Å². The number of carbonyl (C=O) groups is 1. The Hall–Kier alpha value is -4.49. The Morgan fingerprint density at radius 3 is 2.89 bits per heavy atom. The van der Waals surface area contributed by atoms with Gasteiger partial charge in [0.25, 0.3) is 0 Å². The minimum absolute atomic E-state index is 0.0311. The highest BCUT2D eigenvalue weighted by Crippen LogP contribution is 2.42. The van der Waals surface area contributed by atoms with Crippen molar-refractivity contribution in [2.45, 2.75) is 90.0 Å². The summed E-state index contributed by atoms with van der Waals surface area (Å²) in [5.74, 6) is 0.146. The van der Waals surface area contributed by atoms with Gasteiger partial charge >= 0.3 is 5.97 Å². The number of esters is 1. The van der Waals surface area contributed by atoms with Crippen molar-refractivity contribution in [3.63, 3.8) is 0 Å². The van der Waals surface area contributed by atoms with E-state index >= 15 is 0 Å². The molecule has 1 aliphatic carbocycles. The molecule has 7 rings (SSSR count). The second-order valence-electron chi connectivity index (χ2n) is 12.4. The molecule has 1 unspecified atom stereocenters. The lowest BCUT2D eigenvalue weighted by Gasteiger charge is -2.36. The number of nitriles is 1. The van der Waals surface area contributed by atoms with Crippen LogP contribution in [-0.4, -0.2) is 41.9 Å². The van der Waals surface area contributed by atoms with E-state index in [4.69, 9.17) is 9.47 Å². The van der Waals surface area contributed by atoms with Crippen molar-refractivity contribution in [2.24, 2.45) is 5.92 Å². The number of ether oxygens (including phenoxy) is 2. The summed E-state index contributed by atoms with van der Waals surface area (Å²) in [5, 5.41) is 16.2. The number of para-hydroxylation sites is 1. The van der Waals surface area contributed by atoms with Gasteiger partial charge in [0.2, 0.25) is 0 Å². The molecule has 2 atom stereocenters. The van der Waals surface area contributed by atoms with Gasteiger partial charge in [-0.25, -0.2) is 9.97 Å². The molecule has 232 valence electrons. The SMILES string of the molecule is CCc1cccc2c3c([nH]c12)C(CC)(CC(=O)OCn1ccc2c(-c4cnn([C@H](CC#N)C5CCCC5)c4)ncnc21)OCC3. The Labute approximate surface area is 262 Å². The summed E-state index contributed by atoms with van der Waals surface area (Å²) in [4.78, 5) is 26.1. The number of rotatable bonds is 10. The lowest BCUT2D eigenvalue weighted by atomic mass is 9.86. The zero-order valence-corrected chi connectivity index (χ0v) is 26.0. The summed E-state index contributed by atoms with van der Waals surface area (Å²) in [6.07, 6.45) is 14.8. The number of aromatic amines is 1. The van der Waals surface area contributed by atoms with Gasteiger partial charge in [0.1, 0.15) is 17.6 Å². The molecule has 45 heavy (non-hydrogen) atoms. The maximum absolute atomic E-state index is 13.4. The summed E-state index contributed by atoms with van der Waals surface area (Å²) in [6, 6.07) is 10.8. The fourth-order valence-corrected chi connectivity index (χ4v) is 7.56. The number of carbonyl (C=O) groups excluding carboxylic acids is 1. The van der Waals surface area contributed by atoms with Gasteiger partial charge in [0.15, 0.2) is 6.73 Å².